The Balaban J connectivity index is 1.81. The van der Waals surface area contributed by atoms with Gasteiger partial charge < -0.3 is 4.74 Å². The highest BCUT2D eigenvalue weighted by molar-refractivity contribution is 6.21. The minimum Gasteiger partial charge on any atom is -0.494 e. The molecule has 4 nitrogen and oxygen atoms in total. The van der Waals surface area contributed by atoms with E-state index in [9.17, 15) is 9.59 Å². The van der Waals surface area contributed by atoms with Gasteiger partial charge in [-0.05, 0) is 42.7 Å². The van der Waals surface area contributed by atoms with E-state index in [-0.39, 0.29) is 30.1 Å². The Morgan fingerprint density at radius 2 is 1.75 bits per heavy atom. The van der Waals surface area contributed by atoms with Crippen LogP contribution in [0.3, 0.4) is 0 Å². The van der Waals surface area contributed by atoms with Gasteiger partial charge in [0, 0.05) is 6.42 Å². The van der Waals surface area contributed by atoms with Gasteiger partial charge in [-0.3, -0.25) is 14.5 Å². The van der Waals surface area contributed by atoms with Crippen LogP contribution in [0.4, 0.5) is 5.69 Å². The molecule has 0 aromatic heterocycles. The Kier molecular flexibility index (Phi) is 4.65. The van der Waals surface area contributed by atoms with E-state index in [0.29, 0.717) is 12.3 Å². The van der Waals surface area contributed by atoms with Crippen LogP contribution in [0.1, 0.15) is 31.7 Å². The maximum atomic E-state index is 12.8. The highest BCUT2D eigenvalue weighted by Crippen LogP contribution is 2.36. The van der Waals surface area contributed by atoms with Crippen LogP contribution in [0.25, 0.3) is 0 Å². The molecule has 3 rings (SSSR count). The molecule has 2 atom stereocenters. The van der Waals surface area contributed by atoms with Crippen LogP contribution in [0.15, 0.2) is 54.6 Å². The molecule has 1 aliphatic rings. The first-order valence-electron chi connectivity index (χ1n) is 8.26. The molecule has 2 amide bonds. The third-order valence-corrected chi connectivity index (χ3v) is 4.52. The number of carbonyl (C=O) groups is 2. The summed E-state index contributed by atoms with van der Waals surface area (Å²) in [7, 11) is 0. The SMILES string of the molecule is CCOc1ccc(N2C(=O)C[C@@H]([C@@H](C)c3ccccc3)C2=O)cc1. The number of hydrogen-bond acceptors (Lipinski definition) is 3. The maximum Gasteiger partial charge on any atom is 0.237 e. The minimum atomic E-state index is -0.313. The summed E-state index contributed by atoms with van der Waals surface area (Å²) >= 11 is 0. The van der Waals surface area contributed by atoms with E-state index in [1.165, 1.54) is 4.90 Å². The second-order valence-electron chi connectivity index (χ2n) is 6.00. The Bertz CT molecular complexity index is 724. The second kappa shape index (κ2) is 6.87. The van der Waals surface area contributed by atoms with Gasteiger partial charge in [0.05, 0.1) is 18.2 Å². The van der Waals surface area contributed by atoms with Crippen LogP contribution < -0.4 is 9.64 Å². The standard InChI is InChI=1S/C20H21NO3/c1-3-24-17-11-9-16(10-12-17)21-19(22)13-18(20(21)23)14(2)15-7-5-4-6-8-15/h4-12,14,18H,3,13H2,1-2H3/t14-,18-/m0/s1. The predicted molar refractivity (Wildman–Crippen MR) is 93.1 cm³/mol. The van der Waals surface area contributed by atoms with Crippen LogP contribution in [-0.4, -0.2) is 18.4 Å². The Morgan fingerprint density at radius 3 is 2.38 bits per heavy atom. The molecule has 0 spiro atoms. The van der Waals surface area contributed by atoms with Crippen molar-refractivity contribution in [2.45, 2.75) is 26.2 Å². The molecule has 124 valence electrons. The average molecular weight is 323 g/mol. The van der Waals surface area contributed by atoms with Crippen LogP contribution >= 0.6 is 0 Å². The lowest BCUT2D eigenvalue weighted by Gasteiger charge is -2.19. The van der Waals surface area contributed by atoms with Crippen LogP contribution in [0.5, 0.6) is 5.75 Å². The highest BCUT2D eigenvalue weighted by Gasteiger charge is 2.42. The lowest BCUT2D eigenvalue weighted by molar-refractivity contribution is -0.122. The van der Waals surface area contributed by atoms with Crippen molar-refractivity contribution < 1.29 is 14.3 Å². The summed E-state index contributed by atoms with van der Waals surface area (Å²) in [4.78, 5) is 26.5. The molecule has 2 aromatic rings. The van der Waals surface area contributed by atoms with Crippen molar-refractivity contribution in [2.24, 2.45) is 5.92 Å². The molecule has 1 fully saturated rings. The van der Waals surface area contributed by atoms with E-state index in [1.54, 1.807) is 24.3 Å². The van der Waals surface area contributed by atoms with Gasteiger partial charge in [0.2, 0.25) is 11.8 Å². The normalized spacial score (nSPS) is 18.8. The number of nitrogens with zero attached hydrogens (tertiary/aromatic N) is 1. The summed E-state index contributed by atoms with van der Waals surface area (Å²) in [6, 6.07) is 17.0. The first kappa shape index (κ1) is 16.2. The van der Waals surface area contributed by atoms with Crippen LogP contribution in [0.2, 0.25) is 0 Å². The zero-order valence-corrected chi connectivity index (χ0v) is 13.9. The zero-order valence-electron chi connectivity index (χ0n) is 13.9. The van der Waals surface area contributed by atoms with E-state index in [0.717, 1.165) is 11.3 Å². The number of anilines is 1. The average Bonchev–Trinajstić information content (AvgIpc) is 2.91. The fourth-order valence-corrected chi connectivity index (χ4v) is 3.16. The number of imide groups is 1. The smallest absolute Gasteiger partial charge is 0.237 e. The fourth-order valence-electron chi connectivity index (χ4n) is 3.16. The van der Waals surface area contributed by atoms with Crippen molar-refractivity contribution in [3.63, 3.8) is 0 Å². The monoisotopic (exact) mass is 323 g/mol. The summed E-state index contributed by atoms with van der Waals surface area (Å²) in [6.45, 7) is 4.50. The predicted octanol–water partition coefficient (Wildman–Crippen LogP) is 3.77. The largest absolute Gasteiger partial charge is 0.494 e. The van der Waals surface area contributed by atoms with Gasteiger partial charge >= 0.3 is 0 Å². The van der Waals surface area contributed by atoms with E-state index >= 15 is 0 Å². The van der Waals surface area contributed by atoms with Gasteiger partial charge in [-0.25, -0.2) is 0 Å². The van der Waals surface area contributed by atoms with E-state index in [2.05, 4.69) is 0 Å². The van der Waals surface area contributed by atoms with Crippen molar-refractivity contribution in [3.8, 4) is 5.75 Å². The van der Waals surface area contributed by atoms with Gasteiger partial charge in [0.1, 0.15) is 5.75 Å². The molecule has 2 aromatic carbocycles. The topological polar surface area (TPSA) is 46.6 Å². The fraction of sp³-hybridized carbons (Fsp3) is 0.300. The zero-order chi connectivity index (χ0) is 17.1. The number of ether oxygens (including phenoxy) is 1. The van der Waals surface area contributed by atoms with Crippen LogP contribution in [-0.2, 0) is 9.59 Å². The molecule has 0 bridgehead atoms. The molecule has 0 aliphatic carbocycles. The molecular weight excluding hydrogens is 302 g/mol. The number of rotatable bonds is 5. The van der Waals surface area contributed by atoms with Gasteiger partial charge in [-0.2, -0.15) is 0 Å². The van der Waals surface area contributed by atoms with Gasteiger partial charge in [-0.1, -0.05) is 37.3 Å². The van der Waals surface area contributed by atoms with Gasteiger partial charge in [0.15, 0.2) is 0 Å². The lowest BCUT2D eigenvalue weighted by atomic mass is 9.86. The number of benzene rings is 2. The summed E-state index contributed by atoms with van der Waals surface area (Å²) in [5.41, 5.74) is 1.69. The Labute approximate surface area is 142 Å². The van der Waals surface area contributed by atoms with Crippen LogP contribution in [0, 0.1) is 5.92 Å². The molecule has 1 heterocycles. The van der Waals surface area contributed by atoms with Crippen molar-refractivity contribution in [1.29, 1.82) is 0 Å². The van der Waals surface area contributed by atoms with Crippen molar-refractivity contribution in [2.75, 3.05) is 11.5 Å². The number of amides is 2. The third-order valence-electron chi connectivity index (χ3n) is 4.52. The molecule has 1 aliphatic heterocycles. The Hall–Kier alpha value is -2.62. The van der Waals surface area contributed by atoms with Crippen molar-refractivity contribution in [3.05, 3.63) is 60.2 Å². The van der Waals surface area contributed by atoms with E-state index < -0.39 is 0 Å². The lowest BCUT2D eigenvalue weighted by Crippen LogP contribution is -2.31. The Morgan fingerprint density at radius 1 is 1.08 bits per heavy atom. The highest BCUT2D eigenvalue weighted by atomic mass is 16.5. The maximum absolute atomic E-state index is 12.8. The number of hydrogen-bond donors (Lipinski definition) is 0. The molecule has 0 radical (unpaired) electrons. The first-order chi connectivity index (χ1) is 11.6. The molecule has 1 saturated heterocycles. The summed E-state index contributed by atoms with van der Waals surface area (Å²) in [5.74, 6) is 0.161. The van der Waals surface area contributed by atoms with E-state index in [4.69, 9.17) is 4.74 Å². The molecule has 4 heteroatoms. The second-order valence-corrected chi connectivity index (χ2v) is 6.00. The molecule has 0 unspecified atom stereocenters. The number of carbonyl (C=O) groups excluding carboxylic acids is 2. The summed E-state index contributed by atoms with van der Waals surface area (Å²) in [5, 5.41) is 0. The van der Waals surface area contributed by atoms with Crippen molar-refractivity contribution in [1.82, 2.24) is 0 Å². The van der Waals surface area contributed by atoms with Crippen molar-refractivity contribution >= 4 is 17.5 Å². The minimum absolute atomic E-state index is 0.00958. The first-order valence-corrected chi connectivity index (χ1v) is 8.26. The van der Waals surface area contributed by atoms with Gasteiger partial charge in [-0.15, -0.1) is 0 Å². The summed E-state index contributed by atoms with van der Waals surface area (Å²) in [6.07, 6.45) is 0.252. The third kappa shape index (κ3) is 3.04. The van der Waals surface area contributed by atoms with E-state index in [1.807, 2.05) is 44.2 Å². The quantitative estimate of drug-likeness (QED) is 0.787. The molecule has 24 heavy (non-hydrogen) atoms. The molecule has 0 saturated carbocycles. The summed E-state index contributed by atoms with van der Waals surface area (Å²) < 4.78 is 5.41. The molecular formula is C20H21NO3. The molecule has 0 N–H and O–H groups in total. The van der Waals surface area contributed by atoms with Gasteiger partial charge in [0.25, 0.3) is 0 Å².